The molecule has 0 saturated carbocycles. The van der Waals surface area contributed by atoms with Crippen LogP contribution in [0.3, 0.4) is 0 Å². The maximum Gasteiger partial charge on any atom is 0.270 e. The highest BCUT2D eigenvalue weighted by Crippen LogP contribution is 2.19. The van der Waals surface area contributed by atoms with E-state index in [9.17, 15) is 9.59 Å². The second-order valence-electron chi connectivity index (χ2n) is 8.28. The molecular weight excluding hydrogens is 396 g/mol. The molecule has 0 spiro atoms. The maximum atomic E-state index is 13.1. The second kappa shape index (κ2) is 8.14. The van der Waals surface area contributed by atoms with Crippen LogP contribution in [0, 0.1) is 12.8 Å². The molecule has 5 rings (SSSR count). The fourth-order valence-corrected chi connectivity index (χ4v) is 4.31. The molecule has 162 valence electrons. The summed E-state index contributed by atoms with van der Waals surface area (Å²) in [5, 5.41) is 12.5. The maximum absolute atomic E-state index is 13.1. The van der Waals surface area contributed by atoms with Crippen LogP contribution in [0.25, 0.3) is 10.9 Å². The van der Waals surface area contributed by atoms with Gasteiger partial charge in [-0.2, -0.15) is 0 Å². The highest BCUT2D eigenvalue weighted by molar-refractivity contribution is 5.98. The van der Waals surface area contributed by atoms with E-state index in [-0.39, 0.29) is 17.7 Å². The van der Waals surface area contributed by atoms with Crippen LogP contribution in [0.4, 0.5) is 0 Å². The van der Waals surface area contributed by atoms with Gasteiger partial charge in [-0.15, -0.1) is 10.2 Å². The number of hydrogen-bond acceptors (Lipinski definition) is 5. The Labute approximate surface area is 179 Å². The highest BCUT2D eigenvalue weighted by Gasteiger charge is 2.26. The van der Waals surface area contributed by atoms with Crippen molar-refractivity contribution in [3.05, 3.63) is 47.2 Å². The largest absolute Gasteiger partial charge is 0.381 e. The van der Waals surface area contributed by atoms with Gasteiger partial charge in [-0.3, -0.25) is 9.59 Å². The number of fused-ring (bicyclic) bond motifs is 2. The number of ether oxygens (including phenoxy) is 1. The van der Waals surface area contributed by atoms with E-state index >= 15 is 0 Å². The van der Waals surface area contributed by atoms with Gasteiger partial charge in [-0.1, -0.05) is 11.6 Å². The lowest BCUT2D eigenvalue weighted by Gasteiger charge is -2.19. The number of nitrogens with zero attached hydrogens (tertiary/aromatic N) is 4. The minimum Gasteiger partial charge on any atom is -0.381 e. The predicted molar refractivity (Wildman–Crippen MR) is 113 cm³/mol. The van der Waals surface area contributed by atoms with Gasteiger partial charge in [0.1, 0.15) is 11.5 Å². The molecule has 2 amide bonds. The molecular formula is C22H26N6O3. The Hall–Kier alpha value is -3.20. The monoisotopic (exact) mass is 422 g/mol. The predicted octanol–water partition coefficient (Wildman–Crippen LogP) is 1.42. The van der Waals surface area contributed by atoms with E-state index in [0.717, 1.165) is 29.0 Å². The average molecular weight is 422 g/mol. The standard InChI is InChI=1S/C22H26N6O3/c1-14-2-3-17-16(10-14)11-18(24-17)22(30)27-6-4-19-25-26-20(28(19)8-7-27)12-23-21(29)15-5-9-31-13-15/h2-3,10-11,15,24H,4-9,12-13H2,1H3,(H,23,29)/t15-/m1/s1. The lowest BCUT2D eigenvalue weighted by molar-refractivity contribution is -0.125. The molecule has 1 aromatic carbocycles. The first-order chi connectivity index (χ1) is 15.1. The van der Waals surface area contributed by atoms with Crippen molar-refractivity contribution in [1.82, 2.24) is 30.0 Å². The van der Waals surface area contributed by atoms with Gasteiger partial charge in [0.2, 0.25) is 5.91 Å². The highest BCUT2D eigenvalue weighted by atomic mass is 16.5. The van der Waals surface area contributed by atoms with Gasteiger partial charge in [0.05, 0.1) is 19.1 Å². The molecule has 1 atom stereocenters. The zero-order valence-corrected chi connectivity index (χ0v) is 17.6. The molecule has 2 aromatic heterocycles. The van der Waals surface area contributed by atoms with Crippen molar-refractivity contribution in [1.29, 1.82) is 0 Å². The summed E-state index contributed by atoms with van der Waals surface area (Å²) in [6.07, 6.45) is 1.39. The topological polar surface area (TPSA) is 105 Å². The molecule has 2 aliphatic heterocycles. The van der Waals surface area contributed by atoms with E-state index in [1.165, 1.54) is 5.56 Å². The van der Waals surface area contributed by atoms with Gasteiger partial charge >= 0.3 is 0 Å². The molecule has 1 saturated heterocycles. The summed E-state index contributed by atoms with van der Waals surface area (Å²) in [7, 11) is 0. The zero-order chi connectivity index (χ0) is 21.4. The SMILES string of the molecule is Cc1ccc2[nH]c(C(=O)N3CCc4nnc(CNC(=O)[C@@H]5CCOC5)n4CC3)cc2c1. The fraction of sp³-hybridized carbons (Fsp3) is 0.455. The van der Waals surface area contributed by atoms with E-state index in [4.69, 9.17) is 4.74 Å². The number of amides is 2. The summed E-state index contributed by atoms with van der Waals surface area (Å²) >= 11 is 0. The third kappa shape index (κ3) is 3.93. The lowest BCUT2D eigenvalue weighted by Crippen LogP contribution is -2.34. The average Bonchev–Trinajstić information content (AvgIpc) is 3.49. The third-order valence-electron chi connectivity index (χ3n) is 6.12. The number of H-pyrrole nitrogens is 1. The number of aryl methyl sites for hydroxylation is 1. The number of aromatic nitrogens is 4. The summed E-state index contributed by atoms with van der Waals surface area (Å²) in [6.45, 7) is 5.24. The summed E-state index contributed by atoms with van der Waals surface area (Å²) in [5.41, 5.74) is 2.73. The van der Waals surface area contributed by atoms with Crippen LogP contribution in [0.2, 0.25) is 0 Å². The Kier molecular flexibility index (Phi) is 5.19. The van der Waals surface area contributed by atoms with Crippen molar-refractivity contribution in [2.75, 3.05) is 26.3 Å². The minimum atomic E-state index is -0.0836. The molecule has 2 N–H and O–H groups in total. The minimum absolute atomic E-state index is 0.00526. The lowest BCUT2D eigenvalue weighted by atomic mass is 10.1. The summed E-state index contributed by atoms with van der Waals surface area (Å²) < 4.78 is 7.31. The molecule has 0 radical (unpaired) electrons. The molecule has 0 aliphatic carbocycles. The first-order valence-electron chi connectivity index (χ1n) is 10.7. The summed E-state index contributed by atoms with van der Waals surface area (Å²) in [4.78, 5) is 30.5. The molecule has 3 aromatic rings. The number of aromatic amines is 1. The molecule has 2 aliphatic rings. The smallest absolute Gasteiger partial charge is 0.270 e. The molecule has 31 heavy (non-hydrogen) atoms. The quantitative estimate of drug-likeness (QED) is 0.662. The third-order valence-corrected chi connectivity index (χ3v) is 6.12. The van der Waals surface area contributed by atoms with Crippen LogP contribution in [-0.4, -0.2) is 62.8 Å². The van der Waals surface area contributed by atoms with Gasteiger partial charge in [0, 0.05) is 43.6 Å². The van der Waals surface area contributed by atoms with Crippen LogP contribution < -0.4 is 5.32 Å². The van der Waals surface area contributed by atoms with Gasteiger partial charge in [-0.05, 0) is 31.5 Å². The summed E-state index contributed by atoms with van der Waals surface area (Å²) in [5.74, 6) is 1.46. The number of hydrogen-bond donors (Lipinski definition) is 2. The summed E-state index contributed by atoms with van der Waals surface area (Å²) in [6, 6.07) is 8.03. The Morgan fingerprint density at radius 3 is 2.97 bits per heavy atom. The number of benzene rings is 1. The van der Waals surface area contributed by atoms with Crippen molar-refractivity contribution in [3.8, 4) is 0 Å². The van der Waals surface area contributed by atoms with Crippen molar-refractivity contribution >= 4 is 22.7 Å². The van der Waals surface area contributed by atoms with Gasteiger partial charge in [0.15, 0.2) is 5.82 Å². The van der Waals surface area contributed by atoms with E-state index in [1.54, 1.807) is 0 Å². The Morgan fingerprint density at radius 1 is 1.23 bits per heavy atom. The van der Waals surface area contributed by atoms with Crippen molar-refractivity contribution in [2.45, 2.75) is 32.9 Å². The van der Waals surface area contributed by atoms with E-state index in [2.05, 4.69) is 26.6 Å². The molecule has 1 fully saturated rings. The van der Waals surface area contributed by atoms with Gasteiger partial charge in [0.25, 0.3) is 5.91 Å². The Morgan fingerprint density at radius 2 is 2.13 bits per heavy atom. The van der Waals surface area contributed by atoms with E-state index in [1.807, 2.05) is 34.6 Å². The number of carbonyl (C=O) groups is 2. The van der Waals surface area contributed by atoms with Gasteiger partial charge in [-0.25, -0.2) is 0 Å². The fourth-order valence-electron chi connectivity index (χ4n) is 4.31. The van der Waals surface area contributed by atoms with Crippen LogP contribution in [-0.2, 0) is 29.0 Å². The zero-order valence-electron chi connectivity index (χ0n) is 17.6. The molecule has 0 unspecified atom stereocenters. The van der Waals surface area contributed by atoms with Crippen LogP contribution >= 0.6 is 0 Å². The molecule has 9 heteroatoms. The molecule has 0 bridgehead atoms. The van der Waals surface area contributed by atoms with Crippen LogP contribution in [0.15, 0.2) is 24.3 Å². The number of nitrogens with one attached hydrogen (secondary N) is 2. The second-order valence-corrected chi connectivity index (χ2v) is 8.28. The van der Waals surface area contributed by atoms with Gasteiger partial charge < -0.3 is 24.5 Å². The Balaban J connectivity index is 1.25. The van der Waals surface area contributed by atoms with Crippen molar-refractivity contribution in [2.24, 2.45) is 5.92 Å². The molecule has 4 heterocycles. The molecule has 9 nitrogen and oxygen atoms in total. The first-order valence-corrected chi connectivity index (χ1v) is 10.7. The van der Waals surface area contributed by atoms with Crippen molar-refractivity contribution in [3.63, 3.8) is 0 Å². The first kappa shape index (κ1) is 19.7. The van der Waals surface area contributed by atoms with E-state index < -0.39 is 0 Å². The Bertz CT molecular complexity index is 1130. The normalized spacial score (nSPS) is 18.7. The number of carbonyl (C=O) groups excluding carboxylic acids is 2. The number of rotatable bonds is 4. The van der Waals surface area contributed by atoms with Crippen LogP contribution in [0.5, 0.6) is 0 Å². The van der Waals surface area contributed by atoms with E-state index in [0.29, 0.717) is 51.5 Å². The van der Waals surface area contributed by atoms with Crippen molar-refractivity contribution < 1.29 is 14.3 Å². The van der Waals surface area contributed by atoms with Crippen LogP contribution in [0.1, 0.15) is 34.1 Å².